The van der Waals surface area contributed by atoms with E-state index in [1.807, 2.05) is 26.0 Å². The third kappa shape index (κ3) is 5.16. The first-order valence-electron chi connectivity index (χ1n) is 5.15. The van der Waals surface area contributed by atoms with Crippen molar-refractivity contribution in [2.45, 2.75) is 18.9 Å². The third-order valence-electron chi connectivity index (χ3n) is 2.01. The molecule has 90 valence electrons. The van der Waals surface area contributed by atoms with Crippen LogP contribution in [0.2, 0.25) is 0 Å². The molecule has 0 N–H and O–H groups in total. The van der Waals surface area contributed by atoms with E-state index >= 15 is 0 Å². The Morgan fingerprint density at radius 2 is 1.88 bits per heavy atom. The smallest absolute Gasteiger partial charge is 0.328 e. The van der Waals surface area contributed by atoms with Gasteiger partial charge in [0.15, 0.2) is 5.81 Å². The average Bonchev–Trinajstić information content (AvgIpc) is 2.64. The van der Waals surface area contributed by atoms with Crippen molar-refractivity contribution in [2.75, 3.05) is 34.8 Å². The van der Waals surface area contributed by atoms with E-state index in [-0.39, 0.29) is 5.97 Å². The molecule has 0 aliphatic carbocycles. The Labute approximate surface area is 98.1 Å². The molecule has 0 aromatic carbocycles. The fourth-order valence-electron chi connectivity index (χ4n) is 1.41. The number of amides is 1. The highest BCUT2D eigenvalue weighted by atomic mass is 16.5. The average molecular weight is 226 g/mol. The number of methoxy groups -OCH3 is 1. The lowest BCUT2D eigenvalue weighted by Crippen LogP contribution is -2.40. The number of ether oxygens (including phenoxy) is 1. The van der Waals surface area contributed by atoms with Crippen molar-refractivity contribution in [3.8, 4) is 0 Å². The van der Waals surface area contributed by atoms with Gasteiger partial charge in [-0.2, -0.15) is 0 Å². The molecule has 1 aliphatic heterocycles. The Kier molecular flexibility index (Phi) is 6.80. The normalized spacial score (nSPS) is 19.1. The molecule has 0 spiro atoms. The van der Waals surface area contributed by atoms with Crippen LogP contribution in [-0.2, 0) is 9.53 Å². The van der Waals surface area contributed by atoms with Gasteiger partial charge in [0.1, 0.15) is 6.04 Å². The highest BCUT2D eigenvalue weighted by Gasteiger charge is 2.32. The van der Waals surface area contributed by atoms with Gasteiger partial charge in [0, 0.05) is 6.54 Å². The van der Waals surface area contributed by atoms with Crippen molar-refractivity contribution in [3.05, 3.63) is 0 Å². The molecule has 1 heterocycles. The first-order chi connectivity index (χ1) is 7.40. The molecular formula is C10H19BN2O3. The minimum atomic E-state index is -0.553. The number of esters is 1. The summed E-state index contributed by atoms with van der Waals surface area (Å²) in [5.41, 5.74) is 0. The van der Waals surface area contributed by atoms with E-state index in [0.29, 0.717) is 13.0 Å². The molecule has 1 amide bonds. The summed E-state index contributed by atoms with van der Waals surface area (Å²) in [6.45, 7) is 0.551. The van der Waals surface area contributed by atoms with Crippen LogP contribution in [-0.4, -0.2) is 70.3 Å². The molecular weight excluding hydrogens is 207 g/mol. The number of hydrogen-bond acceptors (Lipinski definition) is 4. The van der Waals surface area contributed by atoms with Gasteiger partial charge in [-0.15, -0.1) is 0 Å². The molecule has 0 aromatic rings. The molecule has 1 unspecified atom stereocenters. The van der Waals surface area contributed by atoms with E-state index < -0.39 is 11.8 Å². The molecule has 1 rings (SSSR count). The lowest BCUT2D eigenvalue weighted by atomic mass is 10.1. The Bertz CT molecular complexity index is 243. The highest BCUT2D eigenvalue weighted by molar-refractivity contribution is 6.57. The summed E-state index contributed by atoms with van der Waals surface area (Å²) < 4.78 is 4.53. The summed E-state index contributed by atoms with van der Waals surface area (Å²) in [5.74, 6) is -0.936. The zero-order chi connectivity index (χ0) is 12.7. The lowest BCUT2D eigenvalue weighted by Gasteiger charge is -2.21. The summed E-state index contributed by atoms with van der Waals surface area (Å²) in [4.78, 5) is 25.2. The van der Waals surface area contributed by atoms with E-state index in [1.54, 1.807) is 0 Å². The summed E-state index contributed by atoms with van der Waals surface area (Å²) >= 11 is 0. The van der Waals surface area contributed by atoms with Crippen molar-refractivity contribution >= 4 is 19.6 Å². The molecule has 0 saturated carbocycles. The van der Waals surface area contributed by atoms with Crippen molar-refractivity contribution in [2.24, 2.45) is 0 Å². The third-order valence-corrected chi connectivity index (χ3v) is 2.01. The van der Waals surface area contributed by atoms with Crippen LogP contribution in [0.5, 0.6) is 0 Å². The van der Waals surface area contributed by atoms with Crippen molar-refractivity contribution in [3.63, 3.8) is 0 Å². The fourth-order valence-corrected chi connectivity index (χ4v) is 1.41. The molecule has 1 aliphatic rings. The molecule has 0 aromatic heterocycles. The Morgan fingerprint density at radius 1 is 1.38 bits per heavy atom. The van der Waals surface area contributed by atoms with E-state index in [4.69, 9.17) is 7.85 Å². The van der Waals surface area contributed by atoms with Crippen LogP contribution in [0.4, 0.5) is 4.79 Å². The Morgan fingerprint density at radius 3 is 2.25 bits per heavy atom. The maximum Gasteiger partial charge on any atom is 0.328 e. The largest absolute Gasteiger partial charge is 0.467 e. The van der Waals surface area contributed by atoms with Crippen LogP contribution in [0.3, 0.4) is 0 Å². The molecule has 0 bridgehead atoms. The molecule has 2 radical (unpaired) electrons. The molecule has 1 saturated heterocycles. The molecule has 5 nitrogen and oxygen atoms in total. The molecule has 6 heteroatoms. The van der Waals surface area contributed by atoms with Crippen LogP contribution in [0.25, 0.3) is 0 Å². The highest BCUT2D eigenvalue weighted by Crippen LogP contribution is 2.17. The predicted octanol–water partition coefficient (Wildman–Crippen LogP) is 0.0901. The van der Waals surface area contributed by atoms with Crippen LogP contribution in [0.15, 0.2) is 0 Å². The zero-order valence-corrected chi connectivity index (χ0v) is 10.4. The summed E-state index contributed by atoms with van der Waals surface area (Å²) in [6.07, 6.45) is 1.46. The number of likely N-dealkylation sites (tertiary alicyclic amines) is 1. The maximum absolute atomic E-state index is 11.1. The summed E-state index contributed by atoms with van der Waals surface area (Å²) in [5, 5.41) is 0. The molecule has 1 fully saturated rings. The van der Waals surface area contributed by atoms with Gasteiger partial charge in [0.25, 0.3) is 0 Å². The Hall–Kier alpha value is -1.04. The van der Waals surface area contributed by atoms with Gasteiger partial charge >= 0.3 is 5.97 Å². The predicted molar refractivity (Wildman–Crippen MR) is 62.5 cm³/mol. The monoisotopic (exact) mass is 226 g/mol. The van der Waals surface area contributed by atoms with Crippen LogP contribution in [0.1, 0.15) is 12.8 Å². The van der Waals surface area contributed by atoms with Gasteiger partial charge in [-0.05, 0) is 34.0 Å². The van der Waals surface area contributed by atoms with Gasteiger partial charge in [0.2, 0.25) is 7.85 Å². The topological polar surface area (TPSA) is 49.9 Å². The standard InChI is InChI=1S/C7H10BNO3.C3H9N/c1-12-6(10)5-3-2-4-9(5)7(8)11;1-4(2)3/h5H,2-4H2,1H3;1-3H3. The number of carbonyl (C=O) groups is 2. The van der Waals surface area contributed by atoms with Gasteiger partial charge in [0.05, 0.1) is 7.11 Å². The Balaban J connectivity index is 0.000000487. The number of carbonyl (C=O) groups excluding carboxylic acids is 2. The van der Waals surface area contributed by atoms with Gasteiger partial charge in [-0.3, -0.25) is 4.79 Å². The summed E-state index contributed by atoms with van der Waals surface area (Å²) in [6, 6.07) is -0.465. The molecule has 16 heavy (non-hydrogen) atoms. The van der Waals surface area contributed by atoms with E-state index in [0.717, 1.165) is 6.42 Å². The first kappa shape index (κ1) is 15.0. The number of rotatable bonds is 1. The fraction of sp³-hybridized carbons (Fsp3) is 0.800. The van der Waals surface area contributed by atoms with Crippen molar-refractivity contribution in [1.82, 2.24) is 9.80 Å². The second kappa shape index (κ2) is 7.27. The number of nitrogens with zero attached hydrogens (tertiary/aromatic N) is 2. The zero-order valence-electron chi connectivity index (χ0n) is 10.4. The second-order valence-corrected chi connectivity index (χ2v) is 4.05. The lowest BCUT2D eigenvalue weighted by molar-refractivity contribution is -0.144. The quantitative estimate of drug-likeness (QED) is 0.469. The van der Waals surface area contributed by atoms with Gasteiger partial charge < -0.3 is 14.5 Å². The van der Waals surface area contributed by atoms with Crippen molar-refractivity contribution in [1.29, 1.82) is 0 Å². The minimum absolute atomic E-state index is 0.383. The van der Waals surface area contributed by atoms with Crippen LogP contribution in [0, 0.1) is 0 Å². The van der Waals surface area contributed by atoms with Gasteiger partial charge in [-0.25, -0.2) is 4.79 Å². The minimum Gasteiger partial charge on any atom is -0.467 e. The second-order valence-electron chi connectivity index (χ2n) is 4.05. The van der Waals surface area contributed by atoms with Crippen LogP contribution >= 0.6 is 0 Å². The van der Waals surface area contributed by atoms with E-state index in [9.17, 15) is 9.59 Å². The molecule has 1 atom stereocenters. The van der Waals surface area contributed by atoms with Gasteiger partial charge in [-0.1, -0.05) is 0 Å². The van der Waals surface area contributed by atoms with E-state index in [2.05, 4.69) is 4.74 Å². The maximum atomic E-state index is 11.1. The van der Waals surface area contributed by atoms with Crippen LogP contribution < -0.4 is 0 Å². The first-order valence-corrected chi connectivity index (χ1v) is 5.15. The number of hydrogen-bond donors (Lipinski definition) is 0. The summed E-state index contributed by atoms with van der Waals surface area (Å²) in [7, 11) is 12.4. The SMILES string of the molecule is CN(C)C.[B]C(=O)N1CCCC1C(=O)OC. The van der Waals surface area contributed by atoms with Crippen molar-refractivity contribution < 1.29 is 14.3 Å². The van der Waals surface area contributed by atoms with E-state index in [1.165, 1.54) is 12.0 Å².